The maximum absolute atomic E-state index is 2.64. The van der Waals surface area contributed by atoms with E-state index in [1.54, 1.807) is 5.57 Å². The number of hydrogen-bond acceptors (Lipinski definition) is 1. The molecule has 0 aromatic heterocycles. The van der Waals surface area contributed by atoms with Crippen molar-refractivity contribution in [2.24, 2.45) is 11.8 Å². The van der Waals surface area contributed by atoms with E-state index in [1.807, 2.05) is 11.1 Å². The number of allylic oxidation sites excluding steroid dienone is 4. The lowest BCUT2D eigenvalue weighted by Gasteiger charge is -2.42. The average molecular weight is 297 g/mol. The zero-order valence-corrected chi connectivity index (χ0v) is 14.8. The Hall–Kier alpha value is -0.495. The van der Waals surface area contributed by atoms with Crippen LogP contribution in [-0.4, -0.2) is 25.8 Å². The Morgan fingerprint density at radius 3 is 2.18 bits per heavy atom. The van der Waals surface area contributed by atoms with Gasteiger partial charge in [0.15, 0.2) is 0 Å². The van der Waals surface area contributed by atoms with Crippen LogP contribution in [0.5, 0.6) is 0 Å². The van der Waals surface area contributed by atoms with Crippen molar-refractivity contribution in [3.8, 4) is 0 Å². The van der Waals surface area contributed by atoms with Crippen LogP contribution < -0.4 is 0 Å². The van der Waals surface area contributed by atoms with Gasteiger partial charge in [-0.3, -0.25) is 0 Å². The smallest absolute Gasteiger partial charge is 0.230 e. The summed E-state index contributed by atoms with van der Waals surface area (Å²) in [7, 11) is 4.72. The Kier molecular flexibility index (Phi) is 4.01. The third-order valence-electron chi connectivity index (χ3n) is 7.28. The van der Waals surface area contributed by atoms with E-state index in [9.17, 15) is 0 Å². The molecule has 2 saturated carbocycles. The number of fused-ring (bicyclic) bond motifs is 5. The van der Waals surface area contributed by atoms with E-state index in [2.05, 4.69) is 31.9 Å². The second kappa shape index (κ2) is 5.85. The van der Waals surface area contributed by atoms with Gasteiger partial charge in [-0.2, -0.15) is 0 Å². The molecule has 0 N–H and O–H groups in total. The summed E-state index contributed by atoms with van der Waals surface area (Å²) in [5.41, 5.74) is 5.39. The highest BCUT2D eigenvalue weighted by Crippen LogP contribution is 2.58. The lowest BCUT2D eigenvalue weighted by molar-refractivity contribution is 0.372. The molecule has 120 valence electrons. The normalized spacial score (nSPS) is 38.4. The van der Waals surface area contributed by atoms with Gasteiger partial charge in [0.25, 0.3) is 0 Å². The Balaban J connectivity index is 1.82. The molecule has 4 unspecified atom stereocenters. The van der Waals surface area contributed by atoms with Crippen LogP contribution in [0.1, 0.15) is 64.7 Å². The Morgan fingerprint density at radius 2 is 1.50 bits per heavy atom. The SMILES string of the molecule is CC1=C2C(=CC1)C1CCCCC1B(N(C)C)C1CCCCC21. The van der Waals surface area contributed by atoms with Crippen LogP contribution in [0.15, 0.2) is 22.8 Å². The summed E-state index contributed by atoms with van der Waals surface area (Å²) in [5, 5.41) is 0. The summed E-state index contributed by atoms with van der Waals surface area (Å²) < 4.78 is 0. The molecule has 1 heterocycles. The first-order chi connectivity index (χ1) is 10.7. The van der Waals surface area contributed by atoms with Crippen molar-refractivity contribution >= 4 is 6.85 Å². The number of nitrogens with zero attached hydrogens (tertiary/aromatic N) is 1. The first-order valence-corrected chi connectivity index (χ1v) is 9.75. The van der Waals surface area contributed by atoms with E-state index in [0.717, 1.165) is 30.3 Å². The lowest BCUT2D eigenvalue weighted by Crippen LogP contribution is -2.46. The molecule has 0 spiro atoms. The number of hydrogen-bond donors (Lipinski definition) is 0. The highest BCUT2D eigenvalue weighted by molar-refractivity contribution is 6.59. The van der Waals surface area contributed by atoms with Crippen LogP contribution in [0.3, 0.4) is 0 Å². The van der Waals surface area contributed by atoms with Gasteiger partial charge in [0.1, 0.15) is 0 Å². The fraction of sp³-hybridized carbons (Fsp3) is 0.800. The third-order valence-corrected chi connectivity index (χ3v) is 7.28. The Bertz CT molecular complexity index is 504. The van der Waals surface area contributed by atoms with Crippen LogP contribution in [0.4, 0.5) is 0 Å². The van der Waals surface area contributed by atoms with Gasteiger partial charge in [0.2, 0.25) is 6.85 Å². The molecule has 3 fully saturated rings. The molecule has 2 heteroatoms. The zero-order chi connectivity index (χ0) is 15.3. The molecule has 0 aromatic carbocycles. The van der Waals surface area contributed by atoms with Crippen molar-refractivity contribution in [2.75, 3.05) is 14.1 Å². The summed E-state index contributed by atoms with van der Waals surface area (Å²) in [5.74, 6) is 3.59. The van der Waals surface area contributed by atoms with Gasteiger partial charge >= 0.3 is 0 Å². The van der Waals surface area contributed by atoms with E-state index in [1.165, 1.54) is 57.8 Å². The average Bonchev–Trinajstić information content (AvgIpc) is 2.84. The summed E-state index contributed by atoms with van der Waals surface area (Å²) in [6.45, 7) is 3.25. The van der Waals surface area contributed by atoms with Crippen molar-refractivity contribution < 1.29 is 0 Å². The van der Waals surface area contributed by atoms with Crippen LogP contribution in [0.25, 0.3) is 0 Å². The van der Waals surface area contributed by atoms with Crippen molar-refractivity contribution in [3.63, 3.8) is 0 Å². The predicted molar refractivity (Wildman–Crippen MR) is 96.3 cm³/mol. The largest absolute Gasteiger partial charge is 0.347 e. The van der Waals surface area contributed by atoms with Gasteiger partial charge in [0, 0.05) is 0 Å². The van der Waals surface area contributed by atoms with Gasteiger partial charge < -0.3 is 4.81 Å². The first kappa shape index (κ1) is 15.1. The Labute approximate surface area is 137 Å². The maximum Gasteiger partial charge on any atom is 0.230 e. The molecule has 0 amide bonds. The standard InChI is InChI=1S/C20H32BN/c1-14-12-13-16-15-8-4-6-10-18(15)21(22(2)3)19-11-7-5-9-17(19)20(14)16/h13,15,17-19H,4-12H2,1-3H3. The number of rotatable bonds is 1. The van der Waals surface area contributed by atoms with Gasteiger partial charge in [0.05, 0.1) is 0 Å². The molecule has 22 heavy (non-hydrogen) atoms. The van der Waals surface area contributed by atoms with Crippen LogP contribution >= 0.6 is 0 Å². The summed E-state index contributed by atoms with van der Waals surface area (Å²) in [6, 6.07) is 0. The molecule has 3 aliphatic carbocycles. The van der Waals surface area contributed by atoms with Gasteiger partial charge in [-0.1, -0.05) is 50.2 Å². The second-order valence-electron chi connectivity index (χ2n) is 8.62. The highest BCUT2D eigenvalue weighted by Gasteiger charge is 2.50. The van der Waals surface area contributed by atoms with E-state index >= 15 is 0 Å². The van der Waals surface area contributed by atoms with E-state index < -0.39 is 0 Å². The molecule has 4 aliphatic rings. The molecule has 0 bridgehead atoms. The molecule has 4 rings (SSSR count). The lowest BCUT2D eigenvalue weighted by atomic mass is 9.35. The van der Waals surface area contributed by atoms with Crippen molar-refractivity contribution in [3.05, 3.63) is 22.8 Å². The first-order valence-electron chi connectivity index (χ1n) is 9.75. The summed E-state index contributed by atoms with van der Waals surface area (Å²) >= 11 is 0. The van der Waals surface area contributed by atoms with Crippen molar-refractivity contribution in [1.82, 2.24) is 4.81 Å². The molecule has 0 radical (unpaired) electrons. The van der Waals surface area contributed by atoms with Gasteiger partial charge in [-0.05, 0) is 74.9 Å². The minimum atomic E-state index is 0.822. The van der Waals surface area contributed by atoms with Crippen molar-refractivity contribution in [1.29, 1.82) is 0 Å². The van der Waals surface area contributed by atoms with Crippen molar-refractivity contribution in [2.45, 2.75) is 76.3 Å². The minimum absolute atomic E-state index is 0.822. The van der Waals surface area contributed by atoms with E-state index in [4.69, 9.17) is 0 Å². The summed E-state index contributed by atoms with van der Waals surface area (Å²) in [4.78, 5) is 2.61. The third kappa shape index (κ3) is 2.25. The quantitative estimate of drug-likeness (QED) is 0.592. The van der Waals surface area contributed by atoms with Gasteiger partial charge in [-0.25, -0.2) is 0 Å². The maximum atomic E-state index is 2.64. The summed E-state index contributed by atoms with van der Waals surface area (Å²) in [6.07, 6.45) is 15.6. The zero-order valence-electron chi connectivity index (χ0n) is 14.8. The molecular formula is C20H32BN. The molecular weight excluding hydrogens is 265 g/mol. The van der Waals surface area contributed by atoms with Crippen LogP contribution in [0.2, 0.25) is 11.6 Å². The Morgan fingerprint density at radius 1 is 0.909 bits per heavy atom. The van der Waals surface area contributed by atoms with E-state index in [-0.39, 0.29) is 0 Å². The molecule has 1 saturated heterocycles. The highest BCUT2D eigenvalue weighted by atomic mass is 15.0. The van der Waals surface area contributed by atoms with E-state index in [0.29, 0.717) is 0 Å². The predicted octanol–water partition coefficient (Wildman–Crippen LogP) is 5.32. The van der Waals surface area contributed by atoms with Gasteiger partial charge in [-0.15, -0.1) is 0 Å². The monoisotopic (exact) mass is 297 g/mol. The fourth-order valence-corrected chi connectivity index (χ4v) is 6.58. The molecule has 0 aromatic rings. The fourth-order valence-electron chi connectivity index (χ4n) is 6.58. The van der Waals surface area contributed by atoms with Crippen LogP contribution in [0, 0.1) is 11.8 Å². The molecule has 1 aliphatic heterocycles. The molecule has 4 atom stereocenters. The van der Waals surface area contributed by atoms with Crippen LogP contribution in [-0.2, 0) is 0 Å². The minimum Gasteiger partial charge on any atom is -0.347 e. The topological polar surface area (TPSA) is 3.24 Å². The molecule has 1 nitrogen and oxygen atoms in total. The second-order valence-corrected chi connectivity index (χ2v) is 8.62.